The molecule has 88 valence electrons. The van der Waals surface area contributed by atoms with Gasteiger partial charge < -0.3 is 10.5 Å². The average molecular weight is 335 g/mol. The summed E-state index contributed by atoms with van der Waals surface area (Å²) in [4.78, 5) is 0. The van der Waals surface area contributed by atoms with Gasteiger partial charge >= 0.3 is 0 Å². The van der Waals surface area contributed by atoms with Crippen molar-refractivity contribution in [2.24, 2.45) is 5.73 Å². The first kappa shape index (κ1) is 13.7. The molecule has 0 saturated carbocycles. The van der Waals surface area contributed by atoms with Gasteiger partial charge in [0.15, 0.2) is 0 Å². The van der Waals surface area contributed by atoms with E-state index in [1.54, 1.807) is 0 Å². The zero-order valence-corrected chi connectivity index (χ0v) is 11.3. The number of hydrogen-bond acceptors (Lipinski definition) is 2. The standard InChI is InChI=1S/C12H15FINO/c1-12(2,15)8-9-7-10(16-6-5-13)3-4-11(9)14/h3-4,7-8H,1,5-6,15H2,2H3. The topological polar surface area (TPSA) is 35.2 Å². The molecule has 0 heterocycles. The van der Waals surface area contributed by atoms with Crippen LogP contribution in [0.1, 0.15) is 12.5 Å². The second kappa shape index (κ2) is 5.82. The lowest BCUT2D eigenvalue weighted by Gasteiger charge is -2.19. The van der Waals surface area contributed by atoms with Crippen molar-refractivity contribution >= 4 is 22.6 Å². The summed E-state index contributed by atoms with van der Waals surface area (Å²) in [7, 11) is 0. The fraction of sp³-hybridized carbons (Fsp3) is 0.333. The van der Waals surface area contributed by atoms with Gasteiger partial charge in [0.25, 0.3) is 0 Å². The summed E-state index contributed by atoms with van der Waals surface area (Å²) in [6.45, 7) is 5.22. The van der Waals surface area contributed by atoms with Crippen LogP contribution in [0.25, 0.3) is 0 Å². The number of benzene rings is 1. The van der Waals surface area contributed by atoms with Crippen molar-refractivity contribution in [3.8, 4) is 5.75 Å². The van der Waals surface area contributed by atoms with Gasteiger partial charge in [0, 0.05) is 15.5 Å². The molecule has 0 spiro atoms. The van der Waals surface area contributed by atoms with E-state index in [1.165, 1.54) is 0 Å². The summed E-state index contributed by atoms with van der Waals surface area (Å²) in [6, 6.07) is 5.56. The number of ether oxygens (including phenoxy) is 1. The van der Waals surface area contributed by atoms with E-state index in [4.69, 9.17) is 10.5 Å². The average Bonchev–Trinajstić information content (AvgIpc) is 2.17. The number of hydrogen-bond donors (Lipinski definition) is 1. The molecule has 0 saturated heterocycles. The molecule has 2 N–H and O–H groups in total. The summed E-state index contributed by atoms with van der Waals surface area (Å²) in [5.41, 5.74) is 6.14. The van der Waals surface area contributed by atoms with Crippen molar-refractivity contribution in [3.63, 3.8) is 0 Å². The van der Waals surface area contributed by atoms with Crippen LogP contribution in [0.15, 0.2) is 18.2 Å². The Bertz CT molecular complexity index is 349. The predicted molar refractivity (Wildman–Crippen MR) is 72.0 cm³/mol. The molecule has 1 rings (SSSR count). The number of rotatable bonds is 5. The molecule has 2 nitrogen and oxygen atoms in total. The largest absolute Gasteiger partial charge is 0.491 e. The molecule has 2 radical (unpaired) electrons. The van der Waals surface area contributed by atoms with Crippen molar-refractivity contribution in [1.29, 1.82) is 0 Å². The van der Waals surface area contributed by atoms with Crippen LogP contribution in [0.3, 0.4) is 0 Å². The van der Waals surface area contributed by atoms with Gasteiger partial charge in [0.2, 0.25) is 0 Å². The predicted octanol–water partition coefficient (Wildman–Crippen LogP) is 2.74. The summed E-state index contributed by atoms with van der Waals surface area (Å²) >= 11 is 2.21. The Labute approximate surface area is 110 Å². The highest BCUT2D eigenvalue weighted by Gasteiger charge is 2.15. The first-order valence-corrected chi connectivity index (χ1v) is 5.99. The third-order valence-electron chi connectivity index (χ3n) is 1.80. The van der Waals surface area contributed by atoms with E-state index in [0.717, 1.165) is 9.13 Å². The summed E-state index contributed by atoms with van der Waals surface area (Å²) in [6.07, 6.45) is 1.86. The van der Waals surface area contributed by atoms with E-state index < -0.39 is 12.2 Å². The quantitative estimate of drug-likeness (QED) is 0.840. The normalized spacial score (nSPS) is 11.6. The van der Waals surface area contributed by atoms with Gasteiger partial charge in [-0.2, -0.15) is 0 Å². The minimum atomic E-state index is -0.626. The third-order valence-corrected chi connectivity index (χ3v) is 2.78. The van der Waals surface area contributed by atoms with Crippen molar-refractivity contribution in [2.75, 3.05) is 13.3 Å². The van der Waals surface area contributed by atoms with Gasteiger partial charge in [-0.1, -0.05) is 0 Å². The molecule has 0 aromatic heterocycles. The Balaban J connectivity index is 2.82. The van der Waals surface area contributed by atoms with Crippen molar-refractivity contribution < 1.29 is 9.13 Å². The molecule has 0 aliphatic heterocycles. The molecule has 4 heteroatoms. The van der Waals surface area contributed by atoms with Gasteiger partial charge in [0.05, 0.1) is 0 Å². The Morgan fingerprint density at radius 3 is 2.88 bits per heavy atom. The molecular formula is C12H15FINO. The first-order chi connectivity index (χ1) is 7.42. The van der Waals surface area contributed by atoms with E-state index in [-0.39, 0.29) is 6.61 Å². The molecule has 0 fully saturated rings. The second-order valence-corrected chi connectivity index (χ2v) is 5.03. The maximum Gasteiger partial charge on any atom is 0.123 e. The van der Waals surface area contributed by atoms with Crippen LogP contribution in [-0.2, 0) is 0 Å². The minimum Gasteiger partial charge on any atom is -0.491 e. The van der Waals surface area contributed by atoms with Crippen LogP contribution in [0, 0.1) is 16.9 Å². The van der Waals surface area contributed by atoms with Crippen LogP contribution in [0.4, 0.5) is 4.39 Å². The van der Waals surface area contributed by atoms with E-state index in [9.17, 15) is 4.39 Å². The zero-order chi connectivity index (χ0) is 12.2. The van der Waals surface area contributed by atoms with E-state index in [1.807, 2.05) is 31.5 Å². The highest BCUT2D eigenvalue weighted by Crippen LogP contribution is 2.24. The molecular weight excluding hydrogens is 320 g/mol. The second-order valence-electron chi connectivity index (χ2n) is 3.87. The fourth-order valence-corrected chi connectivity index (χ4v) is 1.73. The van der Waals surface area contributed by atoms with E-state index in [2.05, 4.69) is 29.5 Å². The third kappa shape index (κ3) is 4.65. The molecule has 1 aromatic rings. The van der Waals surface area contributed by atoms with Gasteiger partial charge in [0.1, 0.15) is 19.0 Å². The summed E-state index contributed by atoms with van der Waals surface area (Å²) < 4.78 is 18.2. The Hall–Kier alpha value is -0.360. The highest BCUT2D eigenvalue weighted by molar-refractivity contribution is 14.1. The van der Waals surface area contributed by atoms with Crippen molar-refractivity contribution in [3.05, 3.63) is 40.7 Å². The van der Waals surface area contributed by atoms with Gasteiger partial charge in [-0.05, 0) is 60.2 Å². The lowest BCUT2D eigenvalue weighted by Crippen LogP contribution is -2.33. The number of alkyl halides is 1. The smallest absolute Gasteiger partial charge is 0.123 e. The molecule has 0 aliphatic rings. The highest BCUT2D eigenvalue weighted by atomic mass is 127. The molecule has 0 bridgehead atoms. The first-order valence-electron chi connectivity index (χ1n) is 4.91. The molecule has 16 heavy (non-hydrogen) atoms. The van der Waals surface area contributed by atoms with E-state index in [0.29, 0.717) is 5.75 Å². The number of nitrogens with two attached hydrogens (primary N) is 1. The maximum atomic E-state index is 12.0. The molecule has 1 aromatic carbocycles. The van der Waals surface area contributed by atoms with Gasteiger partial charge in [-0.25, -0.2) is 4.39 Å². The van der Waals surface area contributed by atoms with Crippen LogP contribution in [-0.4, -0.2) is 18.8 Å². The van der Waals surface area contributed by atoms with Crippen LogP contribution in [0.5, 0.6) is 5.75 Å². The molecule has 0 amide bonds. The van der Waals surface area contributed by atoms with Crippen molar-refractivity contribution in [2.45, 2.75) is 12.5 Å². The molecule has 1 atom stereocenters. The van der Waals surface area contributed by atoms with Gasteiger partial charge in [-0.15, -0.1) is 0 Å². The molecule has 0 aliphatic carbocycles. The zero-order valence-electron chi connectivity index (χ0n) is 9.17. The Morgan fingerprint density at radius 1 is 1.62 bits per heavy atom. The van der Waals surface area contributed by atoms with Crippen LogP contribution >= 0.6 is 22.6 Å². The molecule has 1 unspecified atom stereocenters. The van der Waals surface area contributed by atoms with Crippen LogP contribution < -0.4 is 10.5 Å². The van der Waals surface area contributed by atoms with Crippen molar-refractivity contribution in [1.82, 2.24) is 0 Å². The monoisotopic (exact) mass is 335 g/mol. The van der Waals surface area contributed by atoms with Gasteiger partial charge in [-0.3, -0.25) is 0 Å². The minimum absolute atomic E-state index is 0.0737. The Kier molecular flexibility index (Phi) is 4.98. The summed E-state index contributed by atoms with van der Waals surface area (Å²) in [5, 5.41) is 0. The van der Waals surface area contributed by atoms with E-state index >= 15 is 0 Å². The lowest BCUT2D eigenvalue weighted by molar-refractivity contribution is 0.273. The summed E-state index contributed by atoms with van der Waals surface area (Å²) in [5.74, 6) is 0.647. The fourth-order valence-electron chi connectivity index (χ4n) is 1.23. The lowest BCUT2D eigenvalue weighted by atomic mass is 9.96. The van der Waals surface area contributed by atoms with Crippen LogP contribution in [0.2, 0.25) is 0 Å². The number of halogens is 2. The SMILES string of the molecule is [CH2]C(C)(N)[CH]c1cc(OCCF)ccc1I. The maximum absolute atomic E-state index is 12.0. The Morgan fingerprint density at radius 2 is 2.31 bits per heavy atom.